The standard InChI is InChI=1S/C18H30N2O/c1-12-7-14(8-13(2)16(12)21)11-19-15-9-17(3,4)20-18(5,6)10-15/h7-8,15,19-21H,9-11H2,1-6H3. The van der Waals surface area contributed by atoms with Crippen molar-refractivity contribution in [1.82, 2.24) is 10.6 Å². The van der Waals surface area contributed by atoms with Gasteiger partial charge >= 0.3 is 0 Å². The van der Waals surface area contributed by atoms with Crippen molar-refractivity contribution in [1.29, 1.82) is 0 Å². The normalized spacial score (nSPS) is 21.4. The molecule has 3 nitrogen and oxygen atoms in total. The first kappa shape index (κ1) is 16.3. The van der Waals surface area contributed by atoms with Crippen LogP contribution in [0.2, 0.25) is 0 Å². The number of aryl methyl sites for hydroxylation is 2. The molecule has 0 aliphatic carbocycles. The van der Waals surface area contributed by atoms with Crippen LogP contribution in [0.4, 0.5) is 0 Å². The van der Waals surface area contributed by atoms with Crippen molar-refractivity contribution < 1.29 is 5.11 Å². The van der Waals surface area contributed by atoms with Gasteiger partial charge in [0, 0.05) is 23.7 Å². The molecule has 0 atom stereocenters. The molecule has 0 bridgehead atoms. The second kappa shape index (κ2) is 5.62. The van der Waals surface area contributed by atoms with Gasteiger partial charge in [0.25, 0.3) is 0 Å². The zero-order chi connectivity index (χ0) is 15.8. The Morgan fingerprint density at radius 1 is 1.10 bits per heavy atom. The molecule has 118 valence electrons. The second-order valence-corrected chi connectivity index (χ2v) is 7.96. The maximum absolute atomic E-state index is 9.86. The third-order valence-corrected chi connectivity index (χ3v) is 4.34. The topological polar surface area (TPSA) is 44.3 Å². The molecule has 0 aromatic heterocycles. The summed E-state index contributed by atoms with van der Waals surface area (Å²) in [7, 11) is 0. The number of benzene rings is 1. The molecule has 0 spiro atoms. The molecule has 1 aromatic rings. The second-order valence-electron chi connectivity index (χ2n) is 7.96. The van der Waals surface area contributed by atoms with Crippen LogP contribution >= 0.6 is 0 Å². The van der Waals surface area contributed by atoms with E-state index in [0.29, 0.717) is 11.8 Å². The Morgan fingerprint density at radius 2 is 1.57 bits per heavy atom. The quantitative estimate of drug-likeness (QED) is 0.799. The predicted octanol–water partition coefficient (Wildman–Crippen LogP) is 3.41. The van der Waals surface area contributed by atoms with Crippen molar-refractivity contribution in [3.63, 3.8) is 0 Å². The molecule has 2 rings (SSSR count). The van der Waals surface area contributed by atoms with Crippen LogP contribution < -0.4 is 10.6 Å². The van der Waals surface area contributed by atoms with E-state index in [0.717, 1.165) is 30.5 Å². The van der Waals surface area contributed by atoms with E-state index in [4.69, 9.17) is 0 Å². The summed E-state index contributed by atoms with van der Waals surface area (Å²) in [6, 6.07) is 4.67. The van der Waals surface area contributed by atoms with Crippen molar-refractivity contribution in [3.8, 4) is 5.75 Å². The van der Waals surface area contributed by atoms with E-state index in [9.17, 15) is 5.11 Å². The molecular weight excluding hydrogens is 260 g/mol. The number of aromatic hydroxyl groups is 1. The van der Waals surface area contributed by atoms with Gasteiger partial charge in [-0.25, -0.2) is 0 Å². The molecule has 1 aliphatic rings. The number of piperidine rings is 1. The lowest BCUT2D eigenvalue weighted by Gasteiger charge is -2.46. The molecule has 0 saturated carbocycles. The fraction of sp³-hybridized carbons (Fsp3) is 0.667. The summed E-state index contributed by atoms with van der Waals surface area (Å²) >= 11 is 0. The Hall–Kier alpha value is -1.06. The van der Waals surface area contributed by atoms with Gasteiger partial charge in [-0.1, -0.05) is 12.1 Å². The predicted molar refractivity (Wildman–Crippen MR) is 88.7 cm³/mol. The highest BCUT2D eigenvalue weighted by Gasteiger charge is 2.37. The Labute approximate surface area is 129 Å². The van der Waals surface area contributed by atoms with Gasteiger partial charge in [0.1, 0.15) is 5.75 Å². The van der Waals surface area contributed by atoms with Crippen molar-refractivity contribution in [3.05, 3.63) is 28.8 Å². The van der Waals surface area contributed by atoms with E-state index < -0.39 is 0 Å². The number of rotatable bonds is 3. The van der Waals surface area contributed by atoms with Crippen LogP contribution in [0, 0.1) is 13.8 Å². The SMILES string of the molecule is Cc1cc(CNC2CC(C)(C)NC(C)(C)C2)cc(C)c1O. The van der Waals surface area contributed by atoms with Gasteiger partial charge in [0.2, 0.25) is 0 Å². The highest BCUT2D eigenvalue weighted by atomic mass is 16.3. The van der Waals surface area contributed by atoms with Crippen molar-refractivity contribution in [2.75, 3.05) is 0 Å². The van der Waals surface area contributed by atoms with Crippen LogP contribution in [0.3, 0.4) is 0 Å². The number of nitrogens with one attached hydrogen (secondary N) is 2. The smallest absolute Gasteiger partial charge is 0.121 e. The number of hydrogen-bond acceptors (Lipinski definition) is 3. The number of phenols is 1. The molecule has 21 heavy (non-hydrogen) atoms. The summed E-state index contributed by atoms with van der Waals surface area (Å²) in [6.07, 6.45) is 2.26. The van der Waals surface area contributed by atoms with Gasteiger partial charge < -0.3 is 15.7 Å². The van der Waals surface area contributed by atoms with E-state index in [1.807, 2.05) is 13.8 Å². The van der Waals surface area contributed by atoms with Crippen LogP contribution in [-0.4, -0.2) is 22.2 Å². The van der Waals surface area contributed by atoms with Gasteiger partial charge in [-0.15, -0.1) is 0 Å². The molecule has 0 unspecified atom stereocenters. The fourth-order valence-corrected chi connectivity index (χ4v) is 3.88. The summed E-state index contributed by atoms with van der Waals surface area (Å²) in [4.78, 5) is 0. The van der Waals surface area contributed by atoms with Gasteiger partial charge in [-0.2, -0.15) is 0 Å². The van der Waals surface area contributed by atoms with Crippen LogP contribution in [-0.2, 0) is 6.54 Å². The highest BCUT2D eigenvalue weighted by Crippen LogP contribution is 2.29. The zero-order valence-corrected chi connectivity index (χ0v) is 14.3. The van der Waals surface area contributed by atoms with Gasteiger partial charge in [-0.3, -0.25) is 0 Å². The van der Waals surface area contributed by atoms with Crippen LogP contribution in [0.5, 0.6) is 5.75 Å². The molecule has 0 amide bonds. The summed E-state index contributed by atoms with van der Waals surface area (Å²) in [5.41, 5.74) is 3.49. The van der Waals surface area contributed by atoms with Gasteiger partial charge in [0.05, 0.1) is 0 Å². The van der Waals surface area contributed by atoms with Crippen LogP contribution in [0.25, 0.3) is 0 Å². The first-order valence-electron chi connectivity index (χ1n) is 7.90. The van der Waals surface area contributed by atoms with E-state index in [-0.39, 0.29) is 11.1 Å². The first-order chi connectivity index (χ1) is 9.58. The van der Waals surface area contributed by atoms with E-state index in [1.165, 1.54) is 5.56 Å². The Bertz CT molecular complexity index is 481. The highest BCUT2D eigenvalue weighted by molar-refractivity contribution is 5.42. The number of hydrogen-bond donors (Lipinski definition) is 3. The largest absolute Gasteiger partial charge is 0.507 e. The lowest BCUT2D eigenvalue weighted by molar-refractivity contribution is 0.145. The average Bonchev–Trinajstić information content (AvgIpc) is 2.29. The minimum atomic E-state index is 0.167. The van der Waals surface area contributed by atoms with Crippen molar-refractivity contribution in [2.24, 2.45) is 0 Å². The zero-order valence-electron chi connectivity index (χ0n) is 14.3. The maximum Gasteiger partial charge on any atom is 0.121 e. The molecule has 3 heteroatoms. The molecule has 1 saturated heterocycles. The average molecular weight is 290 g/mol. The van der Waals surface area contributed by atoms with Crippen molar-refractivity contribution in [2.45, 2.75) is 78.0 Å². The maximum atomic E-state index is 9.86. The fourth-order valence-electron chi connectivity index (χ4n) is 3.88. The molecule has 0 radical (unpaired) electrons. The summed E-state index contributed by atoms with van der Waals surface area (Å²) < 4.78 is 0. The Balaban J connectivity index is 2.03. The lowest BCUT2D eigenvalue weighted by atomic mass is 9.79. The van der Waals surface area contributed by atoms with Crippen molar-refractivity contribution >= 4 is 0 Å². The molecule has 1 aliphatic heterocycles. The monoisotopic (exact) mass is 290 g/mol. The Morgan fingerprint density at radius 3 is 2.05 bits per heavy atom. The number of phenolic OH excluding ortho intramolecular Hbond substituents is 1. The van der Waals surface area contributed by atoms with E-state index >= 15 is 0 Å². The first-order valence-corrected chi connectivity index (χ1v) is 7.90. The third-order valence-electron chi connectivity index (χ3n) is 4.34. The summed E-state index contributed by atoms with van der Waals surface area (Å²) in [5, 5.41) is 17.3. The Kier molecular flexibility index (Phi) is 4.36. The minimum absolute atomic E-state index is 0.167. The lowest BCUT2D eigenvalue weighted by Crippen LogP contribution is -2.61. The molecule has 1 heterocycles. The van der Waals surface area contributed by atoms with Crippen LogP contribution in [0.1, 0.15) is 57.2 Å². The van der Waals surface area contributed by atoms with Gasteiger partial charge in [0.15, 0.2) is 0 Å². The third kappa shape index (κ3) is 4.21. The minimum Gasteiger partial charge on any atom is -0.507 e. The summed E-state index contributed by atoms with van der Waals surface area (Å²) in [6.45, 7) is 13.9. The molecule has 1 aromatic carbocycles. The summed E-state index contributed by atoms with van der Waals surface area (Å²) in [5.74, 6) is 0.419. The van der Waals surface area contributed by atoms with E-state index in [2.05, 4.69) is 50.5 Å². The van der Waals surface area contributed by atoms with E-state index in [1.54, 1.807) is 0 Å². The molecule has 1 fully saturated rings. The molecule has 3 N–H and O–H groups in total. The molecular formula is C18H30N2O. The van der Waals surface area contributed by atoms with Crippen LogP contribution in [0.15, 0.2) is 12.1 Å². The van der Waals surface area contributed by atoms with Gasteiger partial charge in [-0.05, 0) is 71.1 Å².